The lowest BCUT2D eigenvalue weighted by Gasteiger charge is -2.34. The zero-order valence-electron chi connectivity index (χ0n) is 21.8. The number of alkyl halides is 3. The highest BCUT2D eigenvalue weighted by molar-refractivity contribution is 5.96. The van der Waals surface area contributed by atoms with Crippen LogP contribution in [-0.2, 0) is 20.4 Å². The number of amides is 1. The van der Waals surface area contributed by atoms with Gasteiger partial charge in [-0.1, -0.05) is 0 Å². The Morgan fingerprint density at radius 2 is 1.87 bits per heavy atom. The Labute approximate surface area is 218 Å². The molecule has 3 aromatic rings. The summed E-state index contributed by atoms with van der Waals surface area (Å²) in [5.41, 5.74) is -0.320. The van der Waals surface area contributed by atoms with E-state index >= 15 is 0 Å². The average Bonchev–Trinajstić information content (AvgIpc) is 3.48. The molecular weight excluding hydrogens is 503 g/mol. The van der Waals surface area contributed by atoms with Crippen molar-refractivity contribution in [1.29, 1.82) is 0 Å². The number of carbonyl (C=O) groups is 1. The molecule has 1 aliphatic rings. The molecule has 1 amide bonds. The highest BCUT2D eigenvalue weighted by atomic mass is 19.4. The largest absolute Gasteiger partial charge is 0.417 e. The van der Waals surface area contributed by atoms with Crippen molar-refractivity contribution >= 4 is 16.8 Å². The average molecular weight is 536 g/mol. The second-order valence-corrected chi connectivity index (χ2v) is 9.85. The third-order valence-electron chi connectivity index (χ3n) is 6.68. The molecule has 1 fully saturated rings. The molecule has 1 saturated heterocycles. The quantitative estimate of drug-likeness (QED) is 0.399. The first kappa shape index (κ1) is 28.0. The molecule has 0 radical (unpaired) electrons. The summed E-state index contributed by atoms with van der Waals surface area (Å²) in [6, 6.07) is 5.33. The molecule has 0 spiro atoms. The SMILES string of the molecule is COCCO[C@@H]1CN(C(C)(C)COC)C[C@H]1NC(=O)c1cc2c(ccn2-c2ccc(C(F)(F)F)cn2)cn1. The standard InChI is InChI=1S/C26H32F3N5O4/c1-25(2,16-37-4)33-14-20(22(15-33)38-10-9-36-3)32-24(35)19-11-21-17(12-30-19)7-8-34(21)23-6-5-18(13-31-23)26(27,28)29/h5-8,11-13,20,22H,9-10,14-16H2,1-4H3,(H,32,35)/t20-,22-/m1/s1. The smallest absolute Gasteiger partial charge is 0.383 e. The van der Waals surface area contributed by atoms with Crippen LogP contribution in [0.5, 0.6) is 0 Å². The van der Waals surface area contributed by atoms with E-state index in [1.165, 1.54) is 6.07 Å². The maximum absolute atomic E-state index is 13.3. The molecule has 38 heavy (non-hydrogen) atoms. The predicted octanol–water partition coefficient (Wildman–Crippen LogP) is 3.31. The molecule has 3 aromatic heterocycles. The van der Waals surface area contributed by atoms with Gasteiger partial charge in [0.2, 0.25) is 0 Å². The topological polar surface area (TPSA) is 90.7 Å². The Kier molecular flexibility index (Phi) is 8.36. The van der Waals surface area contributed by atoms with Crippen LogP contribution in [0.15, 0.2) is 42.9 Å². The molecule has 9 nitrogen and oxygen atoms in total. The Bertz CT molecular complexity index is 1250. The summed E-state index contributed by atoms with van der Waals surface area (Å²) >= 11 is 0. The van der Waals surface area contributed by atoms with Gasteiger partial charge in [0.25, 0.3) is 5.91 Å². The van der Waals surface area contributed by atoms with E-state index < -0.39 is 11.7 Å². The van der Waals surface area contributed by atoms with Crippen molar-refractivity contribution in [3.05, 3.63) is 54.1 Å². The molecule has 0 unspecified atom stereocenters. The van der Waals surface area contributed by atoms with Gasteiger partial charge in [0.05, 0.1) is 43.0 Å². The maximum atomic E-state index is 13.3. The second-order valence-electron chi connectivity index (χ2n) is 9.85. The summed E-state index contributed by atoms with van der Waals surface area (Å²) < 4.78 is 57.0. The lowest BCUT2D eigenvalue weighted by molar-refractivity contribution is -0.137. The van der Waals surface area contributed by atoms with Gasteiger partial charge in [-0.3, -0.25) is 14.7 Å². The molecule has 4 heterocycles. The summed E-state index contributed by atoms with van der Waals surface area (Å²) in [5.74, 6) is -0.0826. The van der Waals surface area contributed by atoms with Crippen molar-refractivity contribution in [3.8, 4) is 5.82 Å². The van der Waals surface area contributed by atoms with E-state index in [4.69, 9.17) is 14.2 Å². The Hall–Kier alpha value is -3.06. The predicted molar refractivity (Wildman–Crippen MR) is 134 cm³/mol. The van der Waals surface area contributed by atoms with Crippen LogP contribution < -0.4 is 5.32 Å². The van der Waals surface area contributed by atoms with E-state index in [9.17, 15) is 18.0 Å². The van der Waals surface area contributed by atoms with Crippen LogP contribution in [0, 0.1) is 0 Å². The number of hydrogen-bond donors (Lipinski definition) is 1. The monoisotopic (exact) mass is 535 g/mol. The fourth-order valence-electron chi connectivity index (χ4n) is 4.59. The number of nitrogens with one attached hydrogen (secondary N) is 1. The maximum Gasteiger partial charge on any atom is 0.417 e. The highest BCUT2D eigenvalue weighted by Gasteiger charge is 2.41. The van der Waals surface area contributed by atoms with Crippen LogP contribution in [0.3, 0.4) is 0 Å². The number of ether oxygens (including phenoxy) is 3. The number of nitrogens with zero attached hydrogens (tertiary/aromatic N) is 4. The molecule has 4 rings (SSSR count). The summed E-state index contributed by atoms with van der Waals surface area (Å²) in [6.07, 6.45) is -0.708. The molecule has 0 aromatic carbocycles. The molecule has 1 N–H and O–H groups in total. The van der Waals surface area contributed by atoms with Gasteiger partial charge >= 0.3 is 6.18 Å². The van der Waals surface area contributed by atoms with E-state index in [2.05, 4.69) is 34.0 Å². The fraction of sp³-hybridized carbons (Fsp3) is 0.500. The number of pyridine rings is 2. The van der Waals surface area contributed by atoms with Gasteiger partial charge in [0, 0.05) is 56.8 Å². The van der Waals surface area contributed by atoms with Crippen molar-refractivity contribution in [2.45, 2.75) is 37.7 Å². The highest BCUT2D eigenvalue weighted by Crippen LogP contribution is 2.29. The third kappa shape index (κ3) is 6.15. The molecule has 0 saturated carbocycles. The zero-order valence-corrected chi connectivity index (χ0v) is 21.8. The summed E-state index contributed by atoms with van der Waals surface area (Å²) in [5, 5.41) is 3.78. The number of methoxy groups -OCH3 is 2. The van der Waals surface area contributed by atoms with E-state index in [1.807, 2.05) is 0 Å². The Morgan fingerprint density at radius 1 is 1.08 bits per heavy atom. The summed E-state index contributed by atoms with van der Waals surface area (Å²) in [7, 11) is 3.25. The number of rotatable bonds is 10. The van der Waals surface area contributed by atoms with Crippen LogP contribution in [0.25, 0.3) is 16.7 Å². The number of carbonyl (C=O) groups excluding carboxylic acids is 1. The Balaban J connectivity index is 1.54. The van der Waals surface area contributed by atoms with E-state index in [0.717, 1.165) is 17.6 Å². The molecule has 1 aliphatic heterocycles. The molecule has 0 bridgehead atoms. The van der Waals surface area contributed by atoms with Gasteiger partial charge in [-0.05, 0) is 38.1 Å². The van der Waals surface area contributed by atoms with Gasteiger partial charge in [-0.25, -0.2) is 4.98 Å². The van der Waals surface area contributed by atoms with Crippen molar-refractivity contribution in [2.24, 2.45) is 0 Å². The van der Waals surface area contributed by atoms with Crippen molar-refractivity contribution in [1.82, 2.24) is 24.8 Å². The van der Waals surface area contributed by atoms with Gasteiger partial charge < -0.3 is 24.1 Å². The molecule has 2 atom stereocenters. The normalized spacial score (nSPS) is 18.8. The Morgan fingerprint density at radius 3 is 2.53 bits per heavy atom. The minimum Gasteiger partial charge on any atom is -0.383 e. The molecule has 0 aliphatic carbocycles. The van der Waals surface area contributed by atoms with E-state index in [0.29, 0.717) is 44.2 Å². The van der Waals surface area contributed by atoms with Crippen molar-refractivity contribution in [3.63, 3.8) is 0 Å². The molecule has 12 heteroatoms. The number of fused-ring (bicyclic) bond motifs is 1. The minimum atomic E-state index is -4.47. The third-order valence-corrected chi connectivity index (χ3v) is 6.68. The van der Waals surface area contributed by atoms with E-state index in [-0.39, 0.29) is 29.3 Å². The van der Waals surface area contributed by atoms with Gasteiger partial charge in [0.15, 0.2) is 0 Å². The number of likely N-dealkylation sites (tertiary alicyclic amines) is 1. The van der Waals surface area contributed by atoms with Crippen LogP contribution in [-0.4, -0.2) is 90.2 Å². The van der Waals surface area contributed by atoms with Gasteiger partial charge in [0.1, 0.15) is 11.5 Å². The first-order valence-electron chi connectivity index (χ1n) is 12.2. The lowest BCUT2D eigenvalue weighted by atomic mass is 10.1. The van der Waals surface area contributed by atoms with Crippen LogP contribution >= 0.6 is 0 Å². The van der Waals surface area contributed by atoms with Crippen LogP contribution in [0.4, 0.5) is 13.2 Å². The van der Waals surface area contributed by atoms with E-state index in [1.54, 1.807) is 43.3 Å². The number of hydrogen-bond acceptors (Lipinski definition) is 7. The first-order chi connectivity index (χ1) is 18.0. The number of aromatic nitrogens is 3. The zero-order chi connectivity index (χ0) is 27.5. The summed E-state index contributed by atoms with van der Waals surface area (Å²) in [4.78, 5) is 23.8. The number of halogens is 3. The second kappa shape index (κ2) is 11.4. The molecular formula is C26H32F3N5O4. The van der Waals surface area contributed by atoms with Crippen LogP contribution in [0.2, 0.25) is 0 Å². The molecule has 206 valence electrons. The first-order valence-corrected chi connectivity index (χ1v) is 12.2. The summed E-state index contributed by atoms with van der Waals surface area (Å²) in [6.45, 7) is 6.67. The fourth-order valence-corrected chi connectivity index (χ4v) is 4.59. The van der Waals surface area contributed by atoms with Gasteiger partial charge in [-0.2, -0.15) is 13.2 Å². The van der Waals surface area contributed by atoms with Crippen LogP contribution in [0.1, 0.15) is 29.9 Å². The lowest BCUT2D eigenvalue weighted by Crippen LogP contribution is -2.48. The minimum absolute atomic E-state index is 0.176. The van der Waals surface area contributed by atoms with Gasteiger partial charge in [-0.15, -0.1) is 0 Å². The van der Waals surface area contributed by atoms with Crippen molar-refractivity contribution in [2.75, 3.05) is 47.1 Å². The van der Waals surface area contributed by atoms with Crippen molar-refractivity contribution < 1.29 is 32.2 Å².